The van der Waals surface area contributed by atoms with Crippen molar-refractivity contribution in [2.24, 2.45) is 0 Å². The summed E-state index contributed by atoms with van der Waals surface area (Å²) < 4.78 is 0. The van der Waals surface area contributed by atoms with Crippen LogP contribution in [-0.4, -0.2) is 0 Å². The zero-order chi connectivity index (χ0) is 36.8. The molecular formula is C53H38N2. The Hall–Kier alpha value is -7.16. The molecule has 0 heterocycles. The molecule has 0 atom stereocenters. The lowest BCUT2D eigenvalue weighted by molar-refractivity contribution is 0.768. The van der Waals surface area contributed by atoms with Gasteiger partial charge in [-0.3, -0.25) is 0 Å². The van der Waals surface area contributed by atoms with Crippen molar-refractivity contribution in [3.63, 3.8) is 0 Å². The van der Waals surface area contributed by atoms with Gasteiger partial charge in [0.1, 0.15) is 0 Å². The Morgan fingerprint density at radius 1 is 0.345 bits per heavy atom. The van der Waals surface area contributed by atoms with Crippen LogP contribution in [-0.2, 0) is 5.41 Å². The quantitative estimate of drug-likeness (QED) is 0.143. The molecule has 0 amide bonds. The topological polar surface area (TPSA) is 29.3 Å². The third-order valence-corrected chi connectivity index (χ3v) is 11.3. The minimum absolute atomic E-state index is 0.419. The van der Waals surface area contributed by atoms with Gasteiger partial charge < -0.3 is 10.6 Å². The van der Waals surface area contributed by atoms with Crippen molar-refractivity contribution < 1.29 is 0 Å². The van der Waals surface area contributed by atoms with E-state index in [9.17, 15) is 0 Å². The molecule has 55 heavy (non-hydrogen) atoms. The molecule has 2 N–H and O–H groups in total. The highest BCUT2D eigenvalue weighted by Gasteiger charge is 2.45. The molecule has 0 aliphatic heterocycles. The average Bonchev–Trinajstić information content (AvgIpc) is 3.56. The molecule has 10 aromatic carbocycles. The maximum atomic E-state index is 5.36. The molecule has 1 aliphatic rings. The van der Waals surface area contributed by atoms with Gasteiger partial charge in [0.05, 0.1) is 11.1 Å². The van der Waals surface area contributed by atoms with Crippen molar-refractivity contribution in [3.8, 4) is 11.1 Å². The largest absolute Gasteiger partial charge is 0.399 e. The second kappa shape index (κ2) is 13.4. The van der Waals surface area contributed by atoms with E-state index in [2.05, 4.69) is 193 Å². The molecule has 1 aliphatic carbocycles. The van der Waals surface area contributed by atoms with Gasteiger partial charge in [-0.05, 0) is 103 Å². The lowest BCUT2D eigenvalue weighted by Gasteiger charge is -2.34. The van der Waals surface area contributed by atoms with Gasteiger partial charge in [0.15, 0.2) is 0 Å². The lowest BCUT2D eigenvalue weighted by Crippen LogP contribution is -2.28. The summed E-state index contributed by atoms with van der Waals surface area (Å²) in [5, 5.41) is 7.74. The molecule has 0 saturated heterocycles. The number of benzene rings is 10. The van der Waals surface area contributed by atoms with E-state index >= 15 is 0 Å². The summed E-state index contributed by atoms with van der Waals surface area (Å²) >= 11 is 0. The van der Waals surface area contributed by atoms with Gasteiger partial charge in [0, 0.05) is 22.4 Å². The fourth-order valence-corrected chi connectivity index (χ4v) is 8.94. The fraction of sp³-hybridized carbons (Fsp3) is 0.0189. The number of hydrogen-bond donors (Lipinski definition) is 1. The molecule has 0 spiro atoms. The number of nitrogens with zero attached hydrogens (tertiary/aromatic N) is 1. The number of para-hydroxylation sites is 2. The van der Waals surface area contributed by atoms with Gasteiger partial charge in [-0.25, -0.2) is 0 Å². The fourth-order valence-electron chi connectivity index (χ4n) is 8.94. The van der Waals surface area contributed by atoms with Gasteiger partial charge in [-0.2, -0.15) is 0 Å². The van der Waals surface area contributed by atoms with Crippen LogP contribution in [0.5, 0.6) is 0 Å². The molecule has 0 bridgehead atoms. The van der Waals surface area contributed by atoms with Crippen LogP contribution >= 0.6 is 0 Å². The number of nitrogen functional groups attached to an aromatic ring is 1. The van der Waals surface area contributed by atoms with Crippen molar-refractivity contribution in [2.45, 2.75) is 5.41 Å². The van der Waals surface area contributed by atoms with Crippen molar-refractivity contribution >= 4 is 55.1 Å². The second-order valence-electron chi connectivity index (χ2n) is 14.3. The van der Waals surface area contributed by atoms with Gasteiger partial charge >= 0.3 is 0 Å². The first kappa shape index (κ1) is 32.5. The van der Waals surface area contributed by atoms with Crippen molar-refractivity contribution in [1.29, 1.82) is 0 Å². The molecule has 2 heteroatoms. The van der Waals surface area contributed by atoms with E-state index in [0.29, 0.717) is 0 Å². The first-order chi connectivity index (χ1) is 27.2. The smallest absolute Gasteiger partial charge is 0.0713 e. The molecular weight excluding hydrogens is 665 g/mol. The first-order valence-corrected chi connectivity index (χ1v) is 18.9. The first-order valence-electron chi connectivity index (χ1n) is 18.9. The molecule has 0 unspecified atom stereocenters. The highest BCUT2D eigenvalue weighted by Crippen LogP contribution is 2.56. The van der Waals surface area contributed by atoms with Crippen molar-refractivity contribution in [1.82, 2.24) is 0 Å². The van der Waals surface area contributed by atoms with Crippen LogP contribution in [0.1, 0.15) is 22.3 Å². The summed E-state index contributed by atoms with van der Waals surface area (Å²) in [6, 6.07) is 78.7. The third-order valence-electron chi connectivity index (χ3n) is 11.3. The Kier molecular flexibility index (Phi) is 7.89. The number of anilines is 4. The van der Waals surface area contributed by atoms with E-state index < -0.39 is 5.41 Å². The molecule has 260 valence electrons. The zero-order valence-electron chi connectivity index (χ0n) is 30.3. The van der Waals surface area contributed by atoms with Crippen LogP contribution in [0.15, 0.2) is 218 Å². The van der Waals surface area contributed by atoms with Gasteiger partial charge in [0.25, 0.3) is 0 Å². The Morgan fingerprint density at radius 3 is 1.42 bits per heavy atom. The summed E-state index contributed by atoms with van der Waals surface area (Å²) in [7, 11) is 0. The third kappa shape index (κ3) is 5.26. The van der Waals surface area contributed by atoms with E-state index in [1.54, 1.807) is 0 Å². The molecule has 0 aromatic heterocycles. The minimum atomic E-state index is -0.419. The van der Waals surface area contributed by atoms with Crippen LogP contribution < -0.4 is 10.6 Å². The molecule has 0 saturated carbocycles. The Bertz CT molecular complexity index is 2860. The number of fused-ring (bicyclic) bond motifs is 3. The van der Waals surface area contributed by atoms with Crippen LogP contribution in [0, 0.1) is 0 Å². The van der Waals surface area contributed by atoms with Crippen LogP contribution in [0.3, 0.4) is 0 Å². The van der Waals surface area contributed by atoms with Crippen LogP contribution in [0.25, 0.3) is 43.4 Å². The Labute approximate surface area is 321 Å². The summed E-state index contributed by atoms with van der Waals surface area (Å²) in [5.74, 6) is 0. The van der Waals surface area contributed by atoms with Crippen LogP contribution in [0.4, 0.5) is 22.7 Å². The zero-order valence-corrected chi connectivity index (χ0v) is 30.3. The summed E-state index contributed by atoms with van der Waals surface area (Å²) in [6.07, 6.45) is 0. The number of hydrogen-bond acceptors (Lipinski definition) is 2. The highest BCUT2D eigenvalue weighted by atomic mass is 15.1. The maximum absolute atomic E-state index is 5.36. The Balaban J connectivity index is 0.000000482. The Morgan fingerprint density at radius 2 is 0.818 bits per heavy atom. The molecule has 0 fully saturated rings. The van der Waals surface area contributed by atoms with E-state index in [1.165, 1.54) is 71.4 Å². The van der Waals surface area contributed by atoms with Gasteiger partial charge in [-0.15, -0.1) is 0 Å². The monoisotopic (exact) mass is 702 g/mol. The van der Waals surface area contributed by atoms with Gasteiger partial charge in [0.2, 0.25) is 0 Å². The molecule has 0 radical (unpaired) electrons. The minimum Gasteiger partial charge on any atom is -0.399 e. The van der Waals surface area contributed by atoms with E-state index in [-0.39, 0.29) is 0 Å². The molecule has 10 aromatic rings. The molecule has 11 rings (SSSR count). The molecule has 2 nitrogen and oxygen atoms in total. The average molecular weight is 703 g/mol. The summed E-state index contributed by atoms with van der Waals surface area (Å²) in [4.78, 5) is 2.42. The van der Waals surface area contributed by atoms with Crippen LogP contribution in [0.2, 0.25) is 0 Å². The summed E-state index contributed by atoms with van der Waals surface area (Å²) in [5.41, 5.74) is 17.0. The van der Waals surface area contributed by atoms with E-state index in [0.717, 1.165) is 17.1 Å². The van der Waals surface area contributed by atoms with Crippen molar-refractivity contribution in [2.75, 3.05) is 10.6 Å². The second-order valence-corrected chi connectivity index (χ2v) is 14.3. The lowest BCUT2D eigenvalue weighted by atomic mass is 9.68. The van der Waals surface area contributed by atoms with Gasteiger partial charge in [-0.1, -0.05) is 176 Å². The number of rotatable bonds is 5. The normalized spacial score (nSPS) is 12.6. The van der Waals surface area contributed by atoms with E-state index in [1.807, 2.05) is 30.3 Å². The highest BCUT2D eigenvalue weighted by molar-refractivity contribution is 6.25. The summed E-state index contributed by atoms with van der Waals surface area (Å²) in [6.45, 7) is 0. The maximum Gasteiger partial charge on any atom is 0.0713 e. The predicted octanol–water partition coefficient (Wildman–Crippen LogP) is 13.7. The standard InChI is InChI=1S/C47H31N.C6H7N/c1-3-14-35(15-4-1)47(42-20-9-7-18-39(42)40-19-8-10-21-43(40)47)36-26-28-38(29-27-36)48(37-16-5-2-6-17-37)44-31-25-34-23-22-32-12-11-13-33-24-30-41(44)46(34)45(32)33;7-6-4-2-1-3-5-6/h1-31H;1-5H,7H2. The van der Waals surface area contributed by atoms with E-state index in [4.69, 9.17) is 5.73 Å². The SMILES string of the molecule is Nc1ccccc1.c1ccc(N(c2ccc(C3(c4ccccc4)c4ccccc4-c4ccccc43)cc2)c2ccc3ccc4cccc5ccc2c3c45)cc1. The number of nitrogens with two attached hydrogens (primary N) is 1. The van der Waals surface area contributed by atoms with Crippen molar-refractivity contribution in [3.05, 3.63) is 241 Å². The predicted molar refractivity (Wildman–Crippen MR) is 233 cm³/mol.